The zero-order valence-corrected chi connectivity index (χ0v) is 12.7. The fraction of sp³-hybridized carbons (Fsp3) is 0.222. The lowest BCUT2D eigenvalue weighted by molar-refractivity contribution is -0.119. The van der Waals surface area contributed by atoms with E-state index in [1.165, 1.54) is 0 Å². The molecule has 1 unspecified atom stereocenters. The van der Waals surface area contributed by atoms with E-state index in [0.717, 1.165) is 29.9 Å². The number of carbonyl (C=O) groups is 2. The van der Waals surface area contributed by atoms with E-state index in [9.17, 15) is 9.59 Å². The topological polar surface area (TPSA) is 75.4 Å². The minimum Gasteiger partial charge on any atom is -0.370 e. The zero-order valence-electron chi connectivity index (χ0n) is 12.7. The highest BCUT2D eigenvalue weighted by atomic mass is 16.2. The van der Waals surface area contributed by atoms with Crippen LogP contribution in [0.1, 0.15) is 24.4 Å². The first-order valence-corrected chi connectivity index (χ1v) is 7.66. The molecule has 5 heteroatoms. The highest BCUT2D eigenvalue weighted by Gasteiger charge is 2.22. The largest absolute Gasteiger partial charge is 0.370 e. The van der Waals surface area contributed by atoms with E-state index in [1.807, 2.05) is 54.6 Å². The number of hydrogen-bond donors (Lipinski definition) is 2. The van der Waals surface area contributed by atoms with Gasteiger partial charge in [-0.05, 0) is 30.2 Å². The summed E-state index contributed by atoms with van der Waals surface area (Å²) >= 11 is 0. The Bertz CT molecular complexity index is 715. The van der Waals surface area contributed by atoms with E-state index in [1.54, 1.807) is 4.90 Å². The van der Waals surface area contributed by atoms with Crippen molar-refractivity contribution >= 4 is 23.2 Å². The van der Waals surface area contributed by atoms with Gasteiger partial charge in [0.1, 0.15) is 6.04 Å². The van der Waals surface area contributed by atoms with Crippen molar-refractivity contribution < 1.29 is 9.59 Å². The van der Waals surface area contributed by atoms with E-state index in [4.69, 9.17) is 5.73 Å². The number of nitrogens with two attached hydrogens (primary N) is 1. The number of benzene rings is 2. The molecule has 1 atom stereocenters. The molecule has 1 fully saturated rings. The minimum absolute atomic E-state index is 0.136. The van der Waals surface area contributed by atoms with Gasteiger partial charge in [0.2, 0.25) is 11.8 Å². The summed E-state index contributed by atoms with van der Waals surface area (Å²) in [6.07, 6.45) is 1.47. The van der Waals surface area contributed by atoms with Crippen molar-refractivity contribution in [1.29, 1.82) is 0 Å². The lowest BCUT2D eigenvalue weighted by Crippen LogP contribution is -2.28. The van der Waals surface area contributed by atoms with Crippen molar-refractivity contribution in [3.63, 3.8) is 0 Å². The van der Waals surface area contributed by atoms with E-state index >= 15 is 0 Å². The lowest BCUT2D eigenvalue weighted by atomic mass is 10.1. The van der Waals surface area contributed by atoms with Crippen molar-refractivity contribution in [1.82, 2.24) is 0 Å². The van der Waals surface area contributed by atoms with Crippen molar-refractivity contribution in [3.05, 3.63) is 60.2 Å². The van der Waals surface area contributed by atoms with E-state index in [2.05, 4.69) is 5.32 Å². The lowest BCUT2D eigenvalue weighted by Gasteiger charge is -2.20. The van der Waals surface area contributed by atoms with Crippen LogP contribution in [0.5, 0.6) is 0 Å². The van der Waals surface area contributed by atoms with Crippen LogP contribution < -0.4 is 16.0 Å². The SMILES string of the molecule is NC(=O)C(Nc1cccc(N2CCCC2=O)c1)c1ccccc1. The van der Waals surface area contributed by atoms with Gasteiger partial charge in [0.15, 0.2) is 0 Å². The van der Waals surface area contributed by atoms with Crippen LogP contribution >= 0.6 is 0 Å². The molecule has 5 nitrogen and oxygen atoms in total. The number of rotatable bonds is 5. The Labute approximate surface area is 135 Å². The molecule has 0 aromatic heterocycles. The van der Waals surface area contributed by atoms with Crippen LogP contribution in [0.2, 0.25) is 0 Å². The van der Waals surface area contributed by atoms with Gasteiger partial charge in [0, 0.05) is 24.3 Å². The van der Waals surface area contributed by atoms with E-state index in [-0.39, 0.29) is 5.91 Å². The summed E-state index contributed by atoms with van der Waals surface area (Å²) in [5.41, 5.74) is 7.94. The Balaban J connectivity index is 1.84. The van der Waals surface area contributed by atoms with Crippen molar-refractivity contribution in [3.8, 4) is 0 Å². The van der Waals surface area contributed by atoms with Gasteiger partial charge in [0.25, 0.3) is 0 Å². The molecule has 0 spiro atoms. The first-order chi connectivity index (χ1) is 11.1. The predicted octanol–water partition coefficient (Wildman–Crippen LogP) is 2.45. The Morgan fingerprint density at radius 3 is 2.57 bits per heavy atom. The van der Waals surface area contributed by atoms with Gasteiger partial charge in [-0.2, -0.15) is 0 Å². The second kappa shape index (κ2) is 6.52. The minimum atomic E-state index is -0.610. The van der Waals surface area contributed by atoms with Crippen LogP contribution in [0.3, 0.4) is 0 Å². The highest BCUT2D eigenvalue weighted by Crippen LogP contribution is 2.26. The summed E-state index contributed by atoms with van der Waals surface area (Å²) in [4.78, 5) is 25.4. The van der Waals surface area contributed by atoms with Crippen molar-refractivity contribution in [2.45, 2.75) is 18.9 Å². The molecular weight excluding hydrogens is 290 g/mol. The molecule has 1 aliphatic heterocycles. The number of primary amides is 1. The summed E-state index contributed by atoms with van der Waals surface area (Å²) < 4.78 is 0. The third-order valence-corrected chi connectivity index (χ3v) is 3.96. The summed E-state index contributed by atoms with van der Waals surface area (Å²) in [6, 6.07) is 16.2. The van der Waals surface area contributed by atoms with E-state index < -0.39 is 11.9 Å². The summed E-state index contributed by atoms with van der Waals surface area (Å²) in [7, 11) is 0. The van der Waals surface area contributed by atoms with Crippen LogP contribution in [0.15, 0.2) is 54.6 Å². The van der Waals surface area contributed by atoms with Gasteiger partial charge < -0.3 is 16.0 Å². The maximum atomic E-state index is 11.9. The Morgan fingerprint density at radius 2 is 1.91 bits per heavy atom. The second-order valence-corrected chi connectivity index (χ2v) is 5.59. The molecule has 3 N–H and O–H groups in total. The molecule has 0 radical (unpaired) electrons. The average molecular weight is 309 g/mol. The molecule has 1 saturated heterocycles. The average Bonchev–Trinajstić information content (AvgIpc) is 2.99. The molecule has 2 aromatic carbocycles. The van der Waals surface area contributed by atoms with E-state index in [0.29, 0.717) is 6.42 Å². The van der Waals surface area contributed by atoms with Crippen molar-refractivity contribution in [2.75, 3.05) is 16.8 Å². The number of anilines is 2. The fourth-order valence-corrected chi connectivity index (χ4v) is 2.82. The number of hydrogen-bond acceptors (Lipinski definition) is 3. The third kappa shape index (κ3) is 3.34. The maximum absolute atomic E-state index is 11.9. The molecule has 3 rings (SSSR count). The first-order valence-electron chi connectivity index (χ1n) is 7.66. The number of carbonyl (C=O) groups excluding carboxylic acids is 2. The monoisotopic (exact) mass is 309 g/mol. The molecule has 2 aromatic rings. The standard InChI is InChI=1S/C18H19N3O2/c19-18(23)17(13-6-2-1-3-7-13)20-14-8-4-9-15(12-14)21-11-5-10-16(21)22/h1-4,6-9,12,17,20H,5,10-11H2,(H2,19,23). The van der Waals surface area contributed by atoms with Crippen LogP contribution in [0, 0.1) is 0 Å². The van der Waals surface area contributed by atoms with Gasteiger partial charge in [-0.25, -0.2) is 0 Å². The third-order valence-electron chi connectivity index (χ3n) is 3.96. The number of nitrogens with one attached hydrogen (secondary N) is 1. The Hall–Kier alpha value is -2.82. The molecule has 118 valence electrons. The molecule has 2 amide bonds. The van der Waals surface area contributed by atoms with Gasteiger partial charge >= 0.3 is 0 Å². The molecular formula is C18H19N3O2. The predicted molar refractivity (Wildman–Crippen MR) is 90.0 cm³/mol. The summed E-state index contributed by atoms with van der Waals surface area (Å²) in [5, 5.41) is 3.16. The summed E-state index contributed by atoms with van der Waals surface area (Å²) in [6.45, 7) is 0.736. The second-order valence-electron chi connectivity index (χ2n) is 5.59. The first kappa shape index (κ1) is 15.1. The quantitative estimate of drug-likeness (QED) is 0.891. The smallest absolute Gasteiger partial charge is 0.244 e. The van der Waals surface area contributed by atoms with Crippen LogP contribution in [-0.2, 0) is 9.59 Å². The number of amides is 2. The zero-order chi connectivity index (χ0) is 16.2. The number of nitrogens with zero attached hydrogens (tertiary/aromatic N) is 1. The van der Waals surface area contributed by atoms with Crippen LogP contribution in [-0.4, -0.2) is 18.4 Å². The maximum Gasteiger partial charge on any atom is 0.244 e. The molecule has 23 heavy (non-hydrogen) atoms. The highest BCUT2D eigenvalue weighted by molar-refractivity contribution is 5.95. The Kier molecular flexibility index (Phi) is 4.28. The van der Waals surface area contributed by atoms with Crippen molar-refractivity contribution in [2.24, 2.45) is 5.73 Å². The molecule has 1 heterocycles. The fourth-order valence-electron chi connectivity index (χ4n) is 2.82. The molecule has 0 bridgehead atoms. The molecule has 1 aliphatic rings. The van der Waals surface area contributed by atoms with Gasteiger partial charge in [0.05, 0.1) is 0 Å². The molecule has 0 aliphatic carbocycles. The normalized spacial score (nSPS) is 15.5. The van der Waals surface area contributed by atoms with Crippen LogP contribution in [0.4, 0.5) is 11.4 Å². The van der Waals surface area contributed by atoms with Gasteiger partial charge in [-0.1, -0.05) is 36.4 Å². The van der Waals surface area contributed by atoms with Gasteiger partial charge in [-0.15, -0.1) is 0 Å². The summed E-state index contributed by atoms with van der Waals surface area (Å²) in [5.74, 6) is -0.310. The van der Waals surface area contributed by atoms with Crippen LogP contribution in [0.25, 0.3) is 0 Å². The molecule has 0 saturated carbocycles. The van der Waals surface area contributed by atoms with Gasteiger partial charge in [-0.3, -0.25) is 9.59 Å². The Morgan fingerprint density at radius 1 is 1.13 bits per heavy atom.